The van der Waals surface area contributed by atoms with Crippen LogP contribution in [0.4, 0.5) is 5.69 Å². The summed E-state index contributed by atoms with van der Waals surface area (Å²) in [5.41, 5.74) is 12.2. The summed E-state index contributed by atoms with van der Waals surface area (Å²) in [5.74, 6) is 2.62. The lowest BCUT2D eigenvalue weighted by Gasteiger charge is -2.21. The highest BCUT2D eigenvalue weighted by atomic mass is 16.7. The van der Waals surface area contributed by atoms with E-state index in [0.717, 1.165) is 68.3 Å². The third-order valence-corrected chi connectivity index (χ3v) is 7.80. The van der Waals surface area contributed by atoms with E-state index in [1.807, 2.05) is 0 Å². The Morgan fingerprint density at radius 1 is 0.973 bits per heavy atom. The van der Waals surface area contributed by atoms with Crippen molar-refractivity contribution in [2.75, 3.05) is 32.3 Å². The molecule has 3 aromatic rings. The summed E-state index contributed by atoms with van der Waals surface area (Å²) in [7, 11) is 1.76. The van der Waals surface area contributed by atoms with E-state index in [1.54, 1.807) is 7.11 Å². The van der Waals surface area contributed by atoms with Crippen LogP contribution >= 0.6 is 0 Å². The number of fused-ring (bicyclic) bond motifs is 5. The van der Waals surface area contributed by atoms with Gasteiger partial charge in [0.1, 0.15) is 5.75 Å². The molecule has 0 amide bonds. The monoisotopic (exact) mass is 504 g/mol. The van der Waals surface area contributed by atoms with E-state index >= 15 is 0 Å². The Morgan fingerprint density at radius 2 is 1.78 bits per heavy atom. The molecule has 0 fully saturated rings. The molecule has 198 valence electrons. The normalized spacial score (nSPS) is 13.5. The van der Waals surface area contributed by atoms with Gasteiger partial charge in [-0.15, -0.1) is 0 Å². The average Bonchev–Trinajstić information content (AvgIpc) is 3.38. The number of methoxy groups -OCH3 is 1. The van der Waals surface area contributed by atoms with Gasteiger partial charge in [0.2, 0.25) is 12.5 Å². The minimum absolute atomic E-state index is 0.305. The van der Waals surface area contributed by atoms with Gasteiger partial charge in [-0.05, 0) is 67.4 Å². The van der Waals surface area contributed by atoms with Crippen molar-refractivity contribution in [2.45, 2.75) is 77.7 Å². The molecule has 6 heteroatoms. The molecule has 0 saturated heterocycles. The molecular weight excluding hydrogens is 462 g/mol. The van der Waals surface area contributed by atoms with Crippen LogP contribution in [0.1, 0.15) is 69.4 Å². The lowest BCUT2D eigenvalue weighted by Crippen LogP contribution is -2.41. The standard InChI is InChI=1S/C31H41N3O3/c1-3-4-5-6-7-8-11-24-23-12-13-27(35-2)30(33-16-10-9-15-32)26(23)20-34-17-14-22-18-28-29(37-21-36-28)19-25(22)31(24)34/h12-13,18-20H,3-11,14-17,21,32H2,1-2H3/p+1. The summed E-state index contributed by atoms with van der Waals surface area (Å²) in [6.07, 6.45) is 14.1. The molecule has 0 bridgehead atoms. The maximum atomic E-state index is 5.81. The largest absolute Gasteiger partial charge is 0.495 e. The molecule has 6 nitrogen and oxygen atoms in total. The molecular formula is C31H42N3O3+. The van der Waals surface area contributed by atoms with E-state index < -0.39 is 0 Å². The highest BCUT2D eigenvalue weighted by Crippen LogP contribution is 2.43. The van der Waals surface area contributed by atoms with Gasteiger partial charge in [-0.3, -0.25) is 0 Å². The number of nitrogens with one attached hydrogen (secondary N) is 1. The molecule has 3 heterocycles. The lowest BCUT2D eigenvalue weighted by atomic mass is 9.89. The molecule has 37 heavy (non-hydrogen) atoms. The number of aryl methyl sites for hydroxylation is 3. The first-order chi connectivity index (χ1) is 18.2. The molecule has 0 aliphatic carbocycles. The zero-order chi connectivity index (χ0) is 25.6. The zero-order valence-electron chi connectivity index (χ0n) is 22.5. The molecule has 0 saturated carbocycles. The summed E-state index contributed by atoms with van der Waals surface area (Å²) in [5, 5.41) is 6.24. The van der Waals surface area contributed by atoms with E-state index in [1.165, 1.54) is 71.7 Å². The second kappa shape index (κ2) is 12.0. The van der Waals surface area contributed by atoms with E-state index in [2.05, 4.69) is 47.3 Å². The Labute approximate surface area is 221 Å². The second-order valence-corrected chi connectivity index (χ2v) is 10.3. The van der Waals surface area contributed by atoms with E-state index in [0.29, 0.717) is 6.79 Å². The van der Waals surface area contributed by atoms with Gasteiger partial charge in [0.05, 0.1) is 23.7 Å². The minimum atomic E-state index is 0.305. The number of ether oxygens (including phenoxy) is 3. The Bertz CT molecular complexity index is 1240. The van der Waals surface area contributed by atoms with Gasteiger partial charge in [0.15, 0.2) is 24.2 Å². The number of hydrogen-bond acceptors (Lipinski definition) is 5. The Hall–Kier alpha value is -2.99. The van der Waals surface area contributed by atoms with Crippen molar-refractivity contribution < 1.29 is 18.8 Å². The predicted molar refractivity (Wildman–Crippen MR) is 150 cm³/mol. The van der Waals surface area contributed by atoms with Gasteiger partial charge < -0.3 is 25.3 Å². The van der Waals surface area contributed by atoms with Crippen LogP contribution in [0, 0.1) is 0 Å². The maximum absolute atomic E-state index is 5.81. The number of nitrogens with two attached hydrogens (primary N) is 1. The summed E-state index contributed by atoms with van der Waals surface area (Å²) in [4.78, 5) is 0. The number of unbranched alkanes of at least 4 members (excludes halogenated alkanes) is 6. The van der Waals surface area contributed by atoms with Crippen LogP contribution in [-0.2, 0) is 19.4 Å². The number of benzene rings is 2. The van der Waals surface area contributed by atoms with Gasteiger partial charge in [0, 0.05) is 18.5 Å². The van der Waals surface area contributed by atoms with Crippen molar-refractivity contribution in [3.05, 3.63) is 41.6 Å². The number of anilines is 1. The molecule has 2 aromatic carbocycles. The lowest BCUT2D eigenvalue weighted by molar-refractivity contribution is -0.686. The molecule has 0 atom stereocenters. The molecule has 3 N–H and O–H groups in total. The van der Waals surface area contributed by atoms with Crippen LogP contribution in [0.3, 0.4) is 0 Å². The smallest absolute Gasteiger partial charge is 0.231 e. The van der Waals surface area contributed by atoms with Crippen LogP contribution in [0.25, 0.3) is 22.0 Å². The van der Waals surface area contributed by atoms with Gasteiger partial charge in [-0.1, -0.05) is 39.0 Å². The number of rotatable bonds is 13. The fourth-order valence-corrected chi connectivity index (χ4v) is 5.83. The first-order valence-electron chi connectivity index (χ1n) is 14.2. The highest BCUT2D eigenvalue weighted by molar-refractivity contribution is 6.00. The third kappa shape index (κ3) is 5.35. The molecule has 5 rings (SSSR count). The number of pyridine rings is 1. The molecule has 1 aromatic heterocycles. The van der Waals surface area contributed by atoms with Crippen LogP contribution in [0.15, 0.2) is 30.5 Å². The minimum Gasteiger partial charge on any atom is -0.495 e. The van der Waals surface area contributed by atoms with E-state index in [9.17, 15) is 0 Å². The summed E-state index contributed by atoms with van der Waals surface area (Å²) in [6.45, 7) is 5.13. The quantitative estimate of drug-likeness (QED) is 0.216. The topological polar surface area (TPSA) is 69.6 Å². The molecule has 2 aliphatic heterocycles. The van der Waals surface area contributed by atoms with Crippen molar-refractivity contribution in [1.29, 1.82) is 0 Å². The molecule has 2 aliphatic rings. The maximum Gasteiger partial charge on any atom is 0.231 e. The number of aromatic nitrogens is 1. The van der Waals surface area contributed by atoms with E-state index in [4.69, 9.17) is 19.9 Å². The van der Waals surface area contributed by atoms with Crippen LogP contribution in [-0.4, -0.2) is 27.0 Å². The molecule has 0 unspecified atom stereocenters. The summed E-state index contributed by atoms with van der Waals surface area (Å²) < 4.78 is 19.8. The fourth-order valence-electron chi connectivity index (χ4n) is 5.83. The van der Waals surface area contributed by atoms with Crippen molar-refractivity contribution in [3.8, 4) is 28.5 Å². The second-order valence-electron chi connectivity index (χ2n) is 10.3. The van der Waals surface area contributed by atoms with Crippen molar-refractivity contribution in [1.82, 2.24) is 0 Å². The van der Waals surface area contributed by atoms with Crippen LogP contribution in [0.2, 0.25) is 0 Å². The van der Waals surface area contributed by atoms with Gasteiger partial charge >= 0.3 is 0 Å². The first-order valence-corrected chi connectivity index (χ1v) is 14.2. The van der Waals surface area contributed by atoms with Crippen molar-refractivity contribution in [2.24, 2.45) is 5.73 Å². The van der Waals surface area contributed by atoms with Crippen molar-refractivity contribution >= 4 is 16.5 Å². The van der Waals surface area contributed by atoms with Gasteiger partial charge in [0.25, 0.3) is 0 Å². The van der Waals surface area contributed by atoms with Crippen LogP contribution < -0.4 is 29.8 Å². The Morgan fingerprint density at radius 3 is 2.59 bits per heavy atom. The highest BCUT2D eigenvalue weighted by Gasteiger charge is 2.32. The summed E-state index contributed by atoms with van der Waals surface area (Å²) >= 11 is 0. The fraction of sp³-hybridized carbons (Fsp3) is 0.516. The van der Waals surface area contributed by atoms with Crippen molar-refractivity contribution in [3.63, 3.8) is 0 Å². The molecule has 0 radical (unpaired) electrons. The number of hydrogen-bond donors (Lipinski definition) is 2. The average molecular weight is 505 g/mol. The Kier molecular flexibility index (Phi) is 8.34. The number of nitrogens with zero attached hydrogens (tertiary/aromatic N) is 1. The first kappa shape index (κ1) is 25.7. The zero-order valence-corrected chi connectivity index (χ0v) is 22.5. The van der Waals surface area contributed by atoms with E-state index in [-0.39, 0.29) is 0 Å². The third-order valence-electron chi connectivity index (χ3n) is 7.80. The predicted octanol–water partition coefficient (Wildman–Crippen LogP) is 6.14. The SMILES string of the molecule is CCCCCCCCc1c2[n+](cc3c(NCCCCN)c(OC)ccc13)CCc1cc3c(cc1-2)OCO3. The summed E-state index contributed by atoms with van der Waals surface area (Å²) in [6, 6.07) is 8.78. The van der Waals surface area contributed by atoms with Crippen LogP contribution in [0.5, 0.6) is 17.2 Å². The molecule has 0 spiro atoms. The Balaban J connectivity index is 1.59. The van der Waals surface area contributed by atoms with Gasteiger partial charge in [-0.2, -0.15) is 4.57 Å². The van der Waals surface area contributed by atoms with Gasteiger partial charge in [-0.25, -0.2) is 0 Å².